The molecule has 0 atom stereocenters. The summed E-state index contributed by atoms with van der Waals surface area (Å²) in [6.07, 6.45) is -5.10. The van der Waals surface area contributed by atoms with E-state index in [0.29, 0.717) is 0 Å². The van der Waals surface area contributed by atoms with Crippen molar-refractivity contribution in [1.29, 1.82) is 0 Å². The van der Waals surface area contributed by atoms with Gasteiger partial charge in [-0.15, -0.1) is 0 Å². The van der Waals surface area contributed by atoms with Crippen molar-refractivity contribution in [2.24, 2.45) is 5.92 Å². The van der Waals surface area contributed by atoms with Gasteiger partial charge in [0.05, 0.1) is 0 Å². The van der Waals surface area contributed by atoms with Gasteiger partial charge >= 0.3 is 157 Å². The summed E-state index contributed by atoms with van der Waals surface area (Å²) in [7, 11) is 0. The molecular weight excluding hydrogens is 464 g/mol. The monoisotopic (exact) mass is 477 g/mol. The topological polar surface area (TPSA) is 52.6 Å². The fraction of sp³-hybridized carbons (Fsp3) is 0.222. The number of ether oxygens (including phenoxy) is 2. The Morgan fingerprint density at radius 2 is 1.38 bits per heavy atom. The zero-order chi connectivity index (χ0) is 18.9. The Morgan fingerprint density at radius 3 is 1.88 bits per heavy atom. The van der Waals surface area contributed by atoms with Gasteiger partial charge in [0.25, 0.3) is 0 Å². The predicted molar refractivity (Wildman–Crippen MR) is 79.4 cm³/mol. The average Bonchev–Trinajstić information content (AvgIpc) is 2.60. The van der Waals surface area contributed by atoms with E-state index in [4.69, 9.17) is 0 Å². The van der Waals surface area contributed by atoms with Crippen molar-refractivity contribution in [2.75, 3.05) is 0 Å². The number of halogens is 4. The molecule has 0 saturated carbocycles. The van der Waals surface area contributed by atoms with Crippen LogP contribution in [0.5, 0.6) is 0 Å². The van der Waals surface area contributed by atoms with Crippen LogP contribution in [0.25, 0.3) is 0 Å². The molecule has 1 fully saturated rings. The van der Waals surface area contributed by atoms with E-state index in [0.717, 1.165) is 14.1 Å². The second-order valence-corrected chi connectivity index (χ2v) is 8.61. The zero-order valence-corrected chi connectivity index (χ0v) is 15.6. The van der Waals surface area contributed by atoms with Gasteiger partial charge in [-0.2, -0.15) is 0 Å². The van der Waals surface area contributed by atoms with Gasteiger partial charge in [0, 0.05) is 0 Å². The van der Waals surface area contributed by atoms with E-state index in [1.54, 1.807) is 0 Å². The standard InChI is InChI=1S/C18H13F3IO4/c1-11-15(23)25-17(18(19,20)21,26-16(11)24)12-7-9-14(10-8-12)22-13-5-3-2-4-6-13/h2-11H,1H3/q-1. The molecule has 0 radical (unpaired) electrons. The van der Waals surface area contributed by atoms with Crippen molar-refractivity contribution in [1.82, 2.24) is 0 Å². The molecule has 0 N–H and O–H groups in total. The van der Waals surface area contributed by atoms with Gasteiger partial charge in [-0.25, -0.2) is 0 Å². The molecule has 26 heavy (non-hydrogen) atoms. The van der Waals surface area contributed by atoms with Crippen LogP contribution in [0, 0.1) is 13.1 Å². The van der Waals surface area contributed by atoms with Crippen molar-refractivity contribution >= 4 is 11.9 Å². The molecule has 3 rings (SSSR count). The Morgan fingerprint density at radius 1 is 0.885 bits per heavy atom. The Bertz CT molecular complexity index is 801. The fourth-order valence-electron chi connectivity index (χ4n) is 2.31. The summed E-state index contributed by atoms with van der Waals surface area (Å²) in [6.45, 7) is 1.14. The molecule has 0 aliphatic carbocycles. The molecule has 138 valence electrons. The average molecular weight is 477 g/mol. The number of hydrogen-bond donors (Lipinski definition) is 0. The van der Waals surface area contributed by atoms with E-state index in [1.807, 2.05) is 30.3 Å². The predicted octanol–water partition coefficient (Wildman–Crippen LogP) is 0.266. The molecule has 1 aliphatic rings. The Hall–Kier alpha value is -2.10. The molecule has 0 unspecified atom stereocenters. The number of carbonyl (C=O) groups is 2. The van der Waals surface area contributed by atoms with Crippen molar-refractivity contribution in [3.8, 4) is 0 Å². The third-order valence-electron chi connectivity index (χ3n) is 3.74. The molecule has 0 amide bonds. The summed E-state index contributed by atoms with van der Waals surface area (Å²) < 4.78 is 52.1. The normalized spacial score (nSPS) is 23.5. The summed E-state index contributed by atoms with van der Waals surface area (Å²) >= 11 is -0.570. The number of benzene rings is 2. The van der Waals surface area contributed by atoms with E-state index in [1.165, 1.54) is 24.3 Å². The first-order valence-electron chi connectivity index (χ1n) is 7.56. The van der Waals surface area contributed by atoms with E-state index in [-0.39, 0.29) is 0 Å². The van der Waals surface area contributed by atoms with Gasteiger partial charge in [-0.05, 0) is 0 Å². The van der Waals surface area contributed by atoms with Gasteiger partial charge in [0.15, 0.2) is 0 Å². The third-order valence-corrected chi connectivity index (χ3v) is 6.43. The minimum absolute atomic E-state index is 0.445. The molecule has 0 bridgehead atoms. The zero-order valence-electron chi connectivity index (χ0n) is 13.4. The van der Waals surface area contributed by atoms with Crippen LogP contribution in [0.2, 0.25) is 0 Å². The van der Waals surface area contributed by atoms with Gasteiger partial charge in [-0.3, -0.25) is 0 Å². The molecule has 8 heteroatoms. The Labute approximate surface area is 157 Å². The van der Waals surface area contributed by atoms with Gasteiger partial charge in [-0.1, -0.05) is 0 Å². The molecule has 0 spiro atoms. The van der Waals surface area contributed by atoms with Crippen LogP contribution >= 0.6 is 0 Å². The SMILES string of the molecule is CC1C(=O)OC(c2ccc([I-]c3ccccc3)cc2)(C(F)(F)F)OC1=O. The van der Waals surface area contributed by atoms with Crippen LogP contribution < -0.4 is 21.2 Å². The summed E-state index contributed by atoms with van der Waals surface area (Å²) in [5, 5.41) is 0. The maximum atomic E-state index is 13.7. The second kappa shape index (κ2) is 6.90. The van der Waals surface area contributed by atoms with E-state index < -0.39 is 56.6 Å². The molecular formula is C18H13F3IO4-. The van der Waals surface area contributed by atoms with Gasteiger partial charge < -0.3 is 0 Å². The third kappa shape index (κ3) is 3.42. The molecule has 2 aromatic carbocycles. The first-order chi connectivity index (χ1) is 12.2. The van der Waals surface area contributed by atoms with Crippen LogP contribution in [-0.4, -0.2) is 18.1 Å². The number of esters is 2. The Balaban J connectivity index is 1.93. The van der Waals surface area contributed by atoms with Crippen LogP contribution in [-0.2, 0) is 24.8 Å². The van der Waals surface area contributed by atoms with Gasteiger partial charge in [0.1, 0.15) is 0 Å². The molecule has 4 nitrogen and oxygen atoms in total. The quantitative estimate of drug-likeness (QED) is 0.362. The molecule has 0 aromatic heterocycles. The van der Waals surface area contributed by atoms with E-state index in [2.05, 4.69) is 9.47 Å². The van der Waals surface area contributed by atoms with Crippen LogP contribution in [0.1, 0.15) is 12.5 Å². The Kier molecular flexibility index (Phi) is 4.96. The first kappa shape index (κ1) is 18.7. The minimum atomic E-state index is -5.10. The van der Waals surface area contributed by atoms with E-state index >= 15 is 0 Å². The van der Waals surface area contributed by atoms with Crippen LogP contribution in [0.4, 0.5) is 13.2 Å². The van der Waals surface area contributed by atoms with Crippen molar-refractivity contribution < 1.29 is 53.4 Å². The fourth-order valence-corrected chi connectivity index (χ4v) is 4.52. The molecule has 1 saturated heterocycles. The van der Waals surface area contributed by atoms with Crippen molar-refractivity contribution in [3.05, 3.63) is 67.3 Å². The molecule has 1 aliphatic heterocycles. The summed E-state index contributed by atoms with van der Waals surface area (Å²) in [5.41, 5.74) is -0.445. The number of hydrogen-bond acceptors (Lipinski definition) is 4. The van der Waals surface area contributed by atoms with Crippen molar-refractivity contribution in [3.63, 3.8) is 0 Å². The molecule has 2 aromatic rings. The summed E-state index contributed by atoms with van der Waals surface area (Å²) in [6, 6.07) is 15.0. The number of carbonyl (C=O) groups excluding carboxylic acids is 2. The maximum absolute atomic E-state index is 13.7. The number of cyclic esters (lactones) is 2. The number of alkyl halides is 3. The summed E-state index contributed by atoms with van der Waals surface area (Å²) in [4.78, 5) is 23.5. The van der Waals surface area contributed by atoms with Crippen LogP contribution in [0.15, 0.2) is 54.6 Å². The van der Waals surface area contributed by atoms with Gasteiger partial charge in [0.2, 0.25) is 0 Å². The first-order valence-corrected chi connectivity index (χ1v) is 9.71. The van der Waals surface area contributed by atoms with E-state index in [9.17, 15) is 22.8 Å². The molecule has 1 heterocycles. The summed E-state index contributed by atoms with van der Waals surface area (Å²) in [5.74, 6) is -7.33. The van der Waals surface area contributed by atoms with Crippen molar-refractivity contribution in [2.45, 2.75) is 18.9 Å². The second-order valence-electron chi connectivity index (χ2n) is 5.58. The van der Waals surface area contributed by atoms with Crippen LogP contribution in [0.3, 0.4) is 0 Å². The number of rotatable bonds is 3.